The van der Waals surface area contributed by atoms with Crippen LogP contribution < -0.4 is 0 Å². The molecule has 0 amide bonds. The van der Waals surface area contributed by atoms with Crippen LogP contribution in [0.4, 0.5) is 0 Å². The summed E-state index contributed by atoms with van der Waals surface area (Å²) >= 11 is 0. The molecule has 1 heterocycles. The number of fused-ring (bicyclic) bond motifs is 1. The zero-order valence-electron chi connectivity index (χ0n) is 11.7. The average molecular weight is 255 g/mol. The van der Waals surface area contributed by atoms with E-state index in [0.717, 1.165) is 25.7 Å². The third-order valence-corrected chi connectivity index (χ3v) is 4.09. The van der Waals surface area contributed by atoms with Crippen LogP contribution in [-0.2, 0) is 12.8 Å². The number of aryl methyl sites for hydroxylation is 1. The summed E-state index contributed by atoms with van der Waals surface area (Å²) < 4.78 is 2.18. The first-order valence-corrected chi connectivity index (χ1v) is 7.09. The predicted molar refractivity (Wildman–Crippen MR) is 77.8 cm³/mol. The van der Waals surface area contributed by atoms with Crippen LogP contribution in [0.3, 0.4) is 0 Å². The van der Waals surface area contributed by atoms with E-state index in [1.165, 1.54) is 22.4 Å². The SMILES string of the molecule is CCCC1(O)Cc2cn(-c3ccc(C)cc3)cc2C1. The van der Waals surface area contributed by atoms with Gasteiger partial charge in [0.15, 0.2) is 0 Å². The van der Waals surface area contributed by atoms with Crippen LogP contribution in [0, 0.1) is 6.92 Å². The number of nitrogens with zero attached hydrogens (tertiary/aromatic N) is 1. The Morgan fingerprint density at radius 1 is 1.11 bits per heavy atom. The van der Waals surface area contributed by atoms with Crippen molar-refractivity contribution in [3.8, 4) is 5.69 Å². The van der Waals surface area contributed by atoms with Gasteiger partial charge in [-0.1, -0.05) is 31.0 Å². The molecule has 2 nitrogen and oxygen atoms in total. The molecule has 0 fully saturated rings. The van der Waals surface area contributed by atoms with Gasteiger partial charge < -0.3 is 9.67 Å². The molecule has 1 aliphatic rings. The largest absolute Gasteiger partial charge is 0.389 e. The second-order valence-corrected chi connectivity index (χ2v) is 5.88. The number of aromatic nitrogens is 1. The first-order valence-electron chi connectivity index (χ1n) is 7.09. The molecule has 1 N–H and O–H groups in total. The minimum atomic E-state index is -0.494. The first kappa shape index (κ1) is 12.5. The second-order valence-electron chi connectivity index (χ2n) is 5.88. The lowest BCUT2D eigenvalue weighted by atomic mass is 9.95. The van der Waals surface area contributed by atoms with E-state index in [4.69, 9.17) is 0 Å². The van der Waals surface area contributed by atoms with Crippen molar-refractivity contribution in [3.63, 3.8) is 0 Å². The van der Waals surface area contributed by atoms with Gasteiger partial charge in [0, 0.05) is 30.9 Å². The van der Waals surface area contributed by atoms with Crippen LogP contribution in [0.15, 0.2) is 36.7 Å². The minimum Gasteiger partial charge on any atom is -0.389 e. The van der Waals surface area contributed by atoms with Gasteiger partial charge in [0.1, 0.15) is 0 Å². The molecule has 0 atom stereocenters. The van der Waals surface area contributed by atoms with E-state index in [2.05, 4.69) is 55.1 Å². The van der Waals surface area contributed by atoms with Crippen LogP contribution in [0.25, 0.3) is 5.69 Å². The Kier molecular flexibility index (Phi) is 2.98. The smallest absolute Gasteiger partial charge is 0.0729 e. The Hall–Kier alpha value is -1.54. The summed E-state index contributed by atoms with van der Waals surface area (Å²) in [6, 6.07) is 8.55. The molecule has 0 unspecified atom stereocenters. The zero-order valence-corrected chi connectivity index (χ0v) is 11.7. The van der Waals surface area contributed by atoms with E-state index in [-0.39, 0.29) is 0 Å². The third-order valence-electron chi connectivity index (χ3n) is 4.09. The normalized spacial score (nSPS) is 16.6. The van der Waals surface area contributed by atoms with Gasteiger partial charge in [-0.15, -0.1) is 0 Å². The highest BCUT2D eigenvalue weighted by Crippen LogP contribution is 2.34. The molecule has 0 radical (unpaired) electrons. The molecule has 1 aromatic heterocycles. The van der Waals surface area contributed by atoms with E-state index in [1.807, 2.05) is 0 Å². The van der Waals surface area contributed by atoms with Crippen molar-refractivity contribution in [1.29, 1.82) is 0 Å². The Bertz CT molecular complexity index is 556. The van der Waals surface area contributed by atoms with Gasteiger partial charge in [0.05, 0.1) is 5.60 Å². The quantitative estimate of drug-likeness (QED) is 0.893. The maximum absolute atomic E-state index is 10.5. The Morgan fingerprint density at radius 2 is 1.68 bits per heavy atom. The molecule has 2 aromatic rings. The summed E-state index contributed by atoms with van der Waals surface area (Å²) in [6.07, 6.45) is 7.89. The number of aliphatic hydroxyl groups is 1. The molecule has 2 heteroatoms. The van der Waals surface area contributed by atoms with Gasteiger partial charge in [0.2, 0.25) is 0 Å². The highest BCUT2D eigenvalue weighted by atomic mass is 16.3. The number of rotatable bonds is 3. The van der Waals surface area contributed by atoms with E-state index in [1.54, 1.807) is 0 Å². The standard InChI is InChI=1S/C17H21NO/c1-3-8-17(19)9-14-11-18(12-15(14)10-17)16-6-4-13(2)5-7-16/h4-7,11-12,19H,3,8-10H2,1-2H3. The highest BCUT2D eigenvalue weighted by Gasteiger charge is 2.35. The van der Waals surface area contributed by atoms with Gasteiger partial charge in [-0.2, -0.15) is 0 Å². The molecule has 1 aromatic carbocycles. The van der Waals surface area contributed by atoms with Crippen LogP contribution in [0.2, 0.25) is 0 Å². The first-order chi connectivity index (χ1) is 9.09. The molecule has 0 bridgehead atoms. The Balaban J connectivity index is 1.85. The number of hydrogen-bond acceptors (Lipinski definition) is 1. The van der Waals surface area contributed by atoms with Gasteiger partial charge in [0.25, 0.3) is 0 Å². The number of hydrogen-bond donors (Lipinski definition) is 1. The summed E-state index contributed by atoms with van der Waals surface area (Å²) in [4.78, 5) is 0. The van der Waals surface area contributed by atoms with Crippen molar-refractivity contribution < 1.29 is 5.11 Å². The summed E-state index contributed by atoms with van der Waals surface area (Å²) in [6.45, 7) is 4.23. The number of benzene rings is 1. The van der Waals surface area contributed by atoms with Gasteiger partial charge in [-0.25, -0.2) is 0 Å². The fraction of sp³-hybridized carbons (Fsp3) is 0.412. The summed E-state index contributed by atoms with van der Waals surface area (Å²) in [5.41, 5.74) is 4.58. The van der Waals surface area contributed by atoms with Crippen molar-refractivity contribution in [3.05, 3.63) is 53.3 Å². The van der Waals surface area contributed by atoms with E-state index < -0.39 is 5.60 Å². The summed E-state index contributed by atoms with van der Waals surface area (Å²) in [5.74, 6) is 0. The second kappa shape index (κ2) is 4.53. The molecule has 0 spiro atoms. The van der Waals surface area contributed by atoms with Gasteiger partial charge >= 0.3 is 0 Å². The lowest BCUT2D eigenvalue weighted by molar-refractivity contribution is 0.0413. The summed E-state index contributed by atoms with van der Waals surface area (Å²) in [5, 5.41) is 10.5. The molecule has 100 valence electrons. The van der Waals surface area contributed by atoms with Crippen molar-refractivity contribution in [2.75, 3.05) is 0 Å². The maximum atomic E-state index is 10.5. The Morgan fingerprint density at radius 3 is 2.21 bits per heavy atom. The fourth-order valence-corrected chi connectivity index (χ4v) is 3.14. The zero-order chi connectivity index (χ0) is 13.5. The third kappa shape index (κ3) is 2.33. The van der Waals surface area contributed by atoms with Crippen molar-refractivity contribution >= 4 is 0 Å². The average Bonchev–Trinajstić information content (AvgIpc) is 2.85. The lowest BCUT2D eigenvalue weighted by Gasteiger charge is -2.21. The lowest BCUT2D eigenvalue weighted by Crippen LogP contribution is -2.29. The summed E-state index contributed by atoms with van der Waals surface area (Å²) in [7, 11) is 0. The molecule has 0 saturated heterocycles. The van der Waals surface area contributed by atoms with Gasteiger partial charge in [-0.05, 0) is 36.6 Å². The predicted octanol–water partition coefficient (Wildman–Crippen LogP) is 3.42. The van der Waals surface area contributed by atoms with Crippen molar-refractivity contribution in [1.82, 2.24) is 4.57 Å². The molecule has 1 aliphatic carbocycles. The molecule has 19 heavy (non-hydrogen) atoms. The molecule has 3 rings (SSSR count). The van der Waals surface area contributed by atoms with Crippen LogP contribution in [-0.4, -0.2) is 15.3 Å². The molecule has 0 aliphatic heterocycles. The van der Waals surface area contributed by atoms with E-state index in [0.29, 0.717) is 0 Å². The maximum Gasteiger partial charge on any atom is 0.0729 e. The van der Waals surface area contributed by atoms with E-state index in [9.17, 15) is 5.11 Å². The van der Waals surface area contributed by atoms with Crippen molar-refractivity contribution in [2.45, 2.75) is 45.1 Å². The van der Waals surface area contributed by atoms with Crippen molar-refractivity contribution in [2.24, 2.45) is 0 Å². The van der Waals surface area contributed by atoms with Crippen LogP contribution in [0.1, 0.15) is 36.5 Å². The molecular formula is C17H21NO. The van der Waals surface area contributed by atoms with Crippen LogP contribution >= 0.6 is 0 Å². The van der Waals surface area contributed by atoms with Gasteiger partial charge in [-0.3, -0.25) is 0 Å². The topological polar surface area (TPSA) is 25.2 Å². The minimum absolute atomic E-state index is 0.494. The fourth-order valence-electron chi connectivity index (χ4n) is 3.14. The highest BCUT2D eigenvalue weighted by molar-refractivity contribution is 5.41. The van der Waals surface area contributed by atoms with Crippen LogP contribution in [0.5, 0.6) is 0 Å². The van der Waals surface area contributed by atoms with E-state index >= 15 is 0 Å². The molecular weight excluding hydrogens is 234 g/mol. The molecule has 0 saturated carbocycles. The Labute approximate surface area is 114 Å². The monoisotopic (exact) mass is 255 g/mol.